The van der Waals surface area contributed by atoms with Crippen LogP contribution >= 0.6 is 0 Å². The van der Waals surface area contributed by atoms with Gasteiger partial charge in [0.1, 0.15) is 5.69 Å². The standard InChI is InChI=1S/C30H31N5O4/c1-18-13-22-25(34(2)29(18)36)14-21(19-8-11-39-12-9-19)15-26(22)35-10-4-5-23-27(35)17-32-28(33-23)20-6-7-24(31-16-20)30(37)38-3/h6-7,13-17,19H,4-5,8-12H2,1-3H3/i8D,19D. The first kappa shape index (κ1) is 22.8. The summed E-state index contributed by atoms with van der Waals surface area (Å²) in [4.78, 5) is 40.6. The Morgan fingerprint density at radius 1 is 1.18 bits per heavy atom. The quantitative estimate of drug-likeness (QED) is 0.359. The van der Waals surface area contributed by atoms with Gasteiger partial charge in [0, 0.05) is 52.3 Å². The summed E-state index contributed by atoms with van der Waals surface area (Å²) in [5.41, 5.74) is 5.46. The molecule has 0 radical (unpaired) electrons. The van der Waals surface area contributed by atoms with Gasteiger partial charge in [-0.15, -0.1) is 0 Å². The normalized spacial score (nSPS) is 21.7. The molecule has 3 aromatic heterocycles. The van der Waals surface area contributed by atoms with Crippen LogP contribution in [0.4, 0.5) is 11.4 Å². The number of hydrogen-bond acceptors (Lipinski definition) is 8. The number of hydrogen-bond donors (Lipinski definition) is 0. The molecule has 5 heterocycles. The Morgan fingerprint density at radius 2 is 2.05 bits per heavy atom. The number of aromatic nitrogens is 4. The third-order valence-electron chi connectivity index (χ3n) is 7.47. The van der Waals surface area contributed by atoms with Crippen molar-refractivity contribution in [3.05, 3.63) is 75.6 Å². The molecule has 0 spiro atoms. The number of pyridine rings is 2. The zero-order valence-corrected chi connectivity index (χ0v) is 22.2. The molecule has 0 aliphatic carbocycles. The van der Waals surface area contributed by atoms with Gasteiger partial charge in [0.15, 0.2) is 5.82 Å². The largest absolute Gasteiger partial charge is 0.464 e. The fourth-order valence-corrected chi connectivity index (χ4v) is 5.38. The van der Waals surface area contributed by atoms with E-state index in [4.69, 9.17) is 15.8 Å². The topological polar surface area (TPSA) is 99.4 Å². The minimum absolute atomic E-state index is 0.0899. The van der Waals surface area contributed by atoms with Crippen LogP contribution in [0.25, 0.3) is 22.3 Å². The smallest absolute Gasteiger partial charge is 0.356 e. The van der Waals surface area contributed by atoms with Gasteiger partial charge in [-0.3, -0.25) is 4.79 Å². The highest BCUT2D eigenvalue weighted by Gasteiger charge is 2.26. The van der Waals surface area contributed by atoms with Crippen LogP contribution in [0.3, 0.4) is 0 Å². The van der Waals surface area contributed by atoms with Crippen LogP contribution in [0.5, 0.6) is 0 Å². The summed E-state index contributed by atoms with van der Waals surface area (Å²) in [7, 11) is 3.07. The van der Waals surface area contributed by atoms with E-state index in [0.29, 0.717) is 42.1 Å². The van der Waals surface area contributed by atoms with Crippen molar-refractivity contribution in [2.45, 2.75) is 38.5 Å². The molecule has 0 saturated carbocycles. The number of carbonyl (C=O) groups is 1. The van der Waals surface area contributed by atoms with Crippen molar-refractivity contribution in [3.63, 3.8) is 0 Å². The van der Waals surface area contributed by atoms with Crippen molar-refractivity contribution in [2.24, 2.45) is 7.05 Å². The lowest BCUT2D eigenvalue weighted by Gasteiger charge is -2.33. The molecule has 1 fully saturated rings. The third kappa shape index (κ3) is 4.57. The highest BCUT2D eigenvalue weighted by molar-refractivity contribution is 5.96. The summed E-state index contributed by atoms with van der Waals surface area (Å²) in [5.74, 6) is -1.16. The number of esters is 1. The molecule has 39 heavy (non-hydrogen) atoms. The van der Waals surface area contributed by atoms with Crippen LogP contribution in [-0.4, -0.2) is 52.4 Å². The Labute approximate surface area is 229 Å². The Bertz CT molecular complexity index is 1730. The number of anilines is 2. The molecule has 9 heteroatoms. The zero-order chi connectivity index (χ0) is 28.9. The van der Waals surface area contributed by atoms with Gasteiger partial charge in [0.05, 0.1) is 35.9 Å². The minimum Gasteiger partial charge on any atom is -0.464 e. The van der Waals surface area contributed by atoms with Crippen molar-refractivity contribution in [1.29, 1.82) is 0 Å². The molecule has 6 rings (SSSR count). The highest BCUT2D eigenvalue weighted by atomic mass is 16.5. The maximum atomic E-state index is 12.9. The van der Waals surface area contributed by atoms with Gasteiger partial charge < -0.3 is 18.9 Å². The molecule has 200 valence electrons. The number of fused-ring (bicyclic) bond motifs is 2. The first-order valence-corrected chi connectivity index (χ1v) is 13.0. The molecule has 1 saturated heterocycles. The Kier molecular flexibility index (Phi) is 5.98. The molecule has 0 N–H and O–H groups in total. The second-order valence-corrected chi connectivity index (χ2v) is 9.88. The summed E-state index contributed by atoms with van der Waals surface area (Å²) < 4.78 is 29.8. The van der Waals surface area contributed by atoms with Crippen LogP contribution in [0.2, 0.25) is 0 Å². The van der Waals surface area contributed by atoms with E-state index in [1.54, 1.807) is 36.1 Å². The number of rotatable bonds is 4. The molecule has 0 amide bonds. The van der Waals surface area contributed by atoms with E-state index in [1.165, 1.54) is 7.11 Å². The minimum atomic E-state index is -1.16. The first-order valence-electron chi connectivity index (χ1n) is 14.1. The van der Waals surface area contributed by atoms with E-state index < -0.39 is 18.3 Å². The summed E-state index contributed by atoms with van der Waals surface area (Å²) in [6.07, 6.45) is 4.63. The van der Waals surface area contributed by atoms with E-state index in [1.807, 2.05) is 25.1 Å². The molecule has 2 aliphatic rings. The van der Waals surface area contributed by atoms with E-state index in [-0.39, 0.29) is 17.9 Å². The molecular formula is C30H31N5O4. The van der Waals surface area contributed by atoms with Gasteiger partial charge in [-0.2, -0.15) is 0 Å². The SMILES string of the molecule is [2H]C1COCCC1([2H])c1cc(N2CCCc3nc(-c4ccc(C(=O)OC)nc4)ncc32)c2cc(C)c(=O)n(C)c2c1. The number of benzene rings is 1. The van der Waals surface area contributed by atoms with E-state index in [0.717, 1.165) is 40.8 Å². The number of aryl methyl sites for hydroxylation is 3. The summed E-state index contributed by atoms with van der Waals surface area (Å²) in [5, 5.41) is 0.894. The second-order valence-electron chi connectivity index (χ2n) is 9.88. The zero-order valence-electron chi connectivity index (χ0n) is 24.2. The molecule has 2 atom stereocenters. The van der Waals surface area contributed by atoms with Crippen LogP contribution in [0.15, 0.2) is 47.5 Å². The maximum Gasteiger partial charge on any atom is 0.356 e. The molecule has 4 aromatic rings. The van der Waals surface area contributed by atoms with Crippen molar-refractivity contribution in [1.82, 2.24) is 19.5 Å². The van der Waals surface area contributed by atoms with E-state index in [2.05, 4.69) is 14.9 Å². The Hall–Kier alpha value is -4.11. The number of nitrogens with zero attached hydrogens (tertiary/aromatic N) is 5. The summed E-state index contributed by atoms with van der Waals surface area (Å²) in [6, 6.07) is 9.15. The molecule has 1 aromatic carbocycles. The van der Waals surface area contributed by atoms with Crippen molar-refractivity contribution in [3.8, 4) is 11.4 Å². The number of carbonyl (C=O) groups excluding carboxylic acids is 1. The van der Waals surface area contributed by atoms with Crippen LogP contribution in [0.1, 0.15) is 55.2 Å². The van der Waals surface area contributed by atoms with Gasteiger partial charge in [0.2, 0.25) is 0 Å². The van der Waals surface area contributed by atoms with Crippen LogP contribution in [-0.2, 0) is 22.9 Å². The lowest BCUT2D eigenvalue weighted by Crippen LogP contribution is -2.27. The third-order valence-corrected chi connectivity index (χ3v) is 7.47. The van der Waals surface area contributed by atoms with Gasteiger partial charge in [0.25, 0.3) is 5.56 Å². The average molecular weight is 528 g/mol. The highest BCUT2D eigenvalue weighted by Crippen LogP contribution is 2.40. The molecule has 9 nitrogen and oxygen atoms in total. The lowest BCUT2D eigenvalue weighted by molar-refractivity contribution is 0.0594. The van der Waals surface area contributed by atoms with Crippen LogP contribution in [0, 0.1) is 6.92 Å². The summed E-state index contributed by atoms with van der Waals surface area (Å²) in [6.45, 7) is 3.13. The maximum absolute atomic E-state index is 12.9. The second kappa shape index (κ2) is 10.2. The van der Waals surface area contributed by atoms with E-state index >= 15 is 0 Å². The van der Waals surface area contributed by atoms with Gasteiger partial charge in [-0.05, 0) is 74.4 Å². The average Bonchev–Trinajstić information content (AvgIpc) is 3.00. The van der Waals surface area contributed by atoms with Crippen LogP contribution < -0.4 is 10.5 Å². The Morgan fingerprint density at radius 3 is 2.82 bits per heavy atom. The monoisotopic (exact) mass is 527 g/mol. The molecule has 2 unspecified atom stereocenters. The summed E-state index contributed by atoms with van der Waals surface area (Å²) >= 11 is 0. The first-order chi connectivity index (χ1) is 19.7. The van der Waals surface area contributed by atoms with Gasteiger partial charge in [-0.1, -0.05) is 0 Å². The molecular weight excluding hydrogens is 494 g/mol. The number of methoxy groups -OCH3 is 1. The fourth-order valence-electron chi connectivity index (χ4n) is 5.38. The van der Waals surface area contributed by atoms with Gasteiger partial charge in [-0.25, -0.2) is 19.7 Å². The van der Waals surface area contributed by atoms with E-state index in [9.17, 15) is 11.0 Å². The molecule has 0 bridgehead atoms. The Balaban J connectivity index is 1.48. The lowest BCUT2D eigenvalue weighted by atomic mass is 9.89. The van der Waals surface area contributed by atoms with Crippen molar-refractivity contribution >= 4 is 28.2 Å². The fraction of sp³-hybridized carbons (Fsp3) is 0.367. The predicted molar refractivity (Wildman–Crippen MR) is 149 cm³/mol. The molecule has 2 aliphatic heterocycles. The predicted octanol–water partition coefficient (Wildman–Crippen LogP) is 4.46. The van der Waals surface area contributed by atoms with Crippen molar-refractivity contribution in [2.75, 3.05) is 31.8 Å². The van der Waals surface area contributed by atoms with Crippen molar-refractivity contribution < 1.29 is 17.0 Å². The van der Waals surface area contributed by atoms with Gasteiger partial charge >= 0.3 is 5.97 Å². The number of ether oxygens (including phenoxy) is 2.